The Kier molecular flexibility index (Phi) is 4.78. The van der Waals surface area contributed by atoms with Crippen LogP contribution in [0.5, 0.6) is 0 Å². The van der Waals surface area contributed by atoms with Gasteiger partial charge in [0, 0.05) is 22.9 Å². The fourth-order valence-corrected chi connectivity index (χ4v) is 3.19. The van der Waals surface area contributed by atoms with Crippen molar-refractivity contribution in [3.05, 3.63) is 58.3 Å². The summed E-state index contributed by atoms with van der Waals surface area (Å²) in [5.41, 5.74) is 1.55. The van der Waals surface area contributed by atoms with E-state index in [1.165, 1.54) is 10.4 Å². The zero-order valence-corrected chi connectivity index (χ0v) is 12.8. The zero-order valence-electron chi connectivity index (χ0n) is 12.0. The van der Waals surface area contributed by atoms with Crippen molar-refractivity contribution in [3.8, 4) is 0 Å². The van der Waals surface area contributed by atoms with Gasteiger partial charge in [-0.25, -0.2) is 0 Å². The molecule has 1 heterocycles. The Labute approximate surface area is 120 Å². The summed E-state index contributed by atoms with van der Waals surface area (Å²) in [7, 11) is 0. The Morgan fingerprint density at radius 1 is 1.11 bits per heavy atom. The summed E-state index contributed by atoms with van der Waals surface area (Å²) in [5, 5.41) is 5.88. The zero-order chi connectivity index (χ0) is 13.7. The molecule has 0 fully saturated rings. The maximum absolute atomic E-state index is 3.72. The fraction of sp³-hybridized carbons (Fsp3) is 0.412. The highest BCUT2D eigenvalue weighted by Crippen LogP contribution is 2.26. The first kappa shape index (κ1) is 14.3. The van der Waals surface area contributed by atoms with Crippen LogP contribution < -0.4 is 5.32 Å². The van der Waals surface area contributed by atoms with Crippen molar-refractivity contribution in [1.82, 2.24) is 5.32 Å². The largest absolute Gasteiger partial charge is 0.308 e. The predicted molar refractivity (Wildman–Crippen MR) is 84.8 cm³/mol. The smallest absolute Gasteiger partial charge is 0.0412 e. The second-order valence-corrected chi connectivity index (χ2v) is 6.59. The van der Waals surface area contributed by atoms with Crippen LogP contribution in [0.25, 0.3) is 0 Å². The van der Waals surface area contributed by atoms with E-state index in [-0.39, 0.29) is 5.41 Å². The molecule has 0 amide bonds. The minimum atomic E-state index is 0.159. The Morgan fingerprint density at radius 3 is 2.42 bits per heavy atom. The molecule has 2 rings (SSSR count). The normalized spacial score (nSPS) is 13.4. The Morgan fingerprint density at radius 2 is 1.84 bits per heavy atom. The van der Waals surface area contributed by atoms with E-state index in [1.807, 2.05) is 11.3 Å². The van der Waals surface area contributed by atoms with E-state index in [1.54, 1.807) is 0 Å². The Balaban J connectivity index is 2.01. The van der Waals surface area contributed by atoms with E-state index in [9.17, 15) is 0 Å². The van der Waals surface area contributed by atoms with Gasteiger partial charge in [-0.15, -0.1) is 11.3 Å². The van der Waals surface area contributed by atoms with Gasteiger partial charge in [-0.2, -0.15) is 0 Å². The lowest BCUT2D eigenvalue weighted by Crippen LogP contribution is -2.34. The third kappa shape index (κ3) is 3.68. The van der Waals surface area contributed by atoms with Crippen LogP contribution in [0.3, 0.4) is 0 Å². The van der Waals surface area contributed by atoms with Gasteiger partial charge >= 0.3 is 0 Å². The van der Waals surface area contributed by atoms with Crippen molar-refractivity contribution in [1.29, 1.82) is 0 Å². The highest BCUT2D eigenvalue weighted by molar-refractivity contribution is 7.10. The van der Waals surface area contributed by atoms with E-state index in [4.69, 9.17) is 0 Å². The highest BCUT2D eigenvalue weighted by atomic mass is 32.1. The minimum Gasteiger partial charge on any atom is -0.308 e. The molecule has 1 aromatic heterocycles. The van der Waals surface area contributed by atoms with Gasteiger partial charge in [-0.1, -0.05) is 57.2 Å². The van der Waals surface area contributed by atoms with Crippen molar-refractivity contribution < 1.29 is 0 Å². The first-order valence-electron chi connectivity index (χ1n) is 6.96. The molecule has 102 valence electrons. The number of rotatable bonds is 6. The second-order valence-electron chi connectivity index (χ2n) is 5.61. The minimum absolute atomic E-state index is 0.159. The van der Waals surface area contributed by atoms with E-state index >= 15 is 0 Å². The van der Waals surface area contributed by atoms with Crippen LogP contribution >= 0.6 is 11.3 Å². The number of hydrogen-bond acceptors (Lipinski definition) is 2. The standard InChI is InChI=1S/C17H23NS/c1-4-15(16-11-8-12-19-16)18-13-17(2,3)14-9-6-5-7-10-14/h5-12,15,18H,4,13H2,1-3H3. The Hall–Kier alpha value is -1.12. The first-order valence-corrected chi connectivity index (χ1v) is 7.84. The number of benzene rings is 1. The van der Waals surface area contributed by atoms with Crippen LogP contribution in [0.2, 0.25) is 0 Å². The van der Waals surface area contributed by atoms with Crippen LogP contribution in [0.1, 0.15) is 43.7 Å². The summed E-state index contributed by atoms with van der Waals surface area (Å²) >= 11 is 1.84. The molecule has 0 bridgehead atoms. The lowest BCUT2D eigenvalue weighted by molar-refractivity contribution is 0.419. The van der Waals surface area contributed by atoms with Crippen LogP contribution in [0.4, 0.5) is 0 Å². The molecule has 0 aliphatic carbocycles. The number of nitrogens with one attached hydrogen (secondary N) is 1. The summed E-state index contributed by atoms with van der Waals surface area (Å²) in [6.45, 7) is 7.84. The van der Waals surface area contributed by atoms with Crippen molar-refractivity contribution >= 4 is 11.3 Å². The molecule has 0 aliphatic heterocycles. The van der Waals surface area contributed by atoms with Gasteiger partial charge in [0.1, 0.15) is 0 Å². The van der Waals surface area contributed by atoms with E-state index in [2.05, 4.69) is 73.9 Å². The summed E-state index contributed by atoms with van der Waals surface area (Å²) in [4.78, 5) is 1.44. The molecule has 1 unspecified atom stereocenters. The predicted octanol–water partition coefficient (Wildman–Crippen LogP) is 4.77. The molecule has 2 aromatic rings. The third-order valence-electron chi connectivity index (χ3n) is 3.64. The molecule has 0 saturated carbocycles. The fourth-order valence-electron chi connectivity index (χ4n) is 2.31. The summed E-state index contributed by atoms with van der Waals surface area (Å²) in [5.74, 6) is 0. The third-order valence-corrected chi connectivity index (χ3v) is 4.63. The average Bonchev–Trinajstić information content (AvgIpc) is 2.94. The van der Waals surface area contributed by atoms with E-state index < -0.39 is 0 Å². The molecule has 1 nitrogen and oxygen atoms in total. The molecule has 0 saturated heterocycles. The maximum Gasteiger partial charge on any atom is 0.0412 e. The topological polar surface area (TPSA) is 12.0 Å². The van der Waals surface area contributed by atoms with Gasteiger partial charge in [0.25, 0.3) is 0 Å². The molecule has 19 heavy (non-hydrogen) atoms. The van der Waals surface area contributed by atoms with Crippen LogP contribution in [0.15, 0.2) is 47.8 Å². The van der Waals surface area contributed by atoms with Crippen LogP contribution in [-0.4, -0.2) is 6.54 Å². The van der Waals surface area contributed by atoms with Gasteiger partial charge in [0.2, 0.25) is 0 Å². The van der Waals surface area contributed by atoms with Crippen molar-refractivity contribution in [3.63, 3.8) is 0 Å². The van der Waals surface area contributed by atoms with Gasteiger partial charge in [-0.3, -0.25) is 0 Å². The lowest BCUT2D eigenvalue weighted by Gasteiger charge is -2.28. The second kappa shape index (κ2) is 6.36. The molecule has 1 N–H and O–H groups in total. The average molecular weight is 273 g/mol. The molecule has 0 aliphatic rings. The quantitative estimate of drug-likeness (QED) is 0.799. The summed E-state index contributed by atoms with van der Waals surface area (Å²) in [6, 6.07) is 15.6. The molecule has 0 radical (unpaired) electrons. The van der Waals surface area contributed by atoms with Crippen molar-refractivity contribution in [2.24, 2.45) is 0 Å². The molecular weight excluding hydrogens is 250 g/mol. The van der Waals surface area contributed by atoms with Gasteiger partial charge in [0.05, 0.1) is 0 Å². The molecular formula is C17H23NS. The van der Waals surface area contributed by atoms with Crippen molar-refractivity contribution in [2.45, 2.75) is 38.6 Å². The van der Waals surface area contributed by atoms with Crippen molar-refractivity contribution in [2.75, 3.05) is 6.54 Å². The SMILES string of the molecule is CCC(NCC(C)(C)c1ccccc1)c1cccs1. The highest BCUT2D eigenvalue weighted by Gasteiger charge is 2.21. The van der Waals surface area contributed by atoms with Crippen LogP contribution in [0, 0.1) is 0 Å². The van der Waals surface area contributed by atoms with Crippen LogP contribution in [-0.2, 0) is 5.41 Å². The van der Waals surface area contributed by atoms with E-state index in [0.29, 0.717) is 6.04 Å². The maximum atomic E-state index is 3.72. The van der Waals surface area contributed by atoms with E-state index in [0.717, 1.165) is 13.0 Å². The summed E-state index contributed by atoms with van der Waals surface area (Å²) in [6.07, 6.45) is 1.13. The Bertz CT molecular complexity index is 473. The number of hydrogen-bond donors (Lipinski definition) is 1. The molecule has 1 aromatic carbocycles. The molecule has 0 spiro atoms. The first-order chi connectivity index (χ1) is 9.13. The monoisotopic (exact) mass is 273 g/mol. The molecule has 2 heteroatoms. The van der Waals surface area contributed by atoms with Gasteiger partial charge in [-0.05, 0) is 23.4 Å². The molecule has 1 atom stereocenters. The van der Waals surface area contributed by atoms with Gasteiger partial charge < -0.3 is 5.32 Å². The van der Waals surface area contributed by atoms with Gasteiger partial charge in [0.15, 0.2) is 0 Å². The number of thiophene rings is 1. The lowest BCUT2D eigenvalue weighted by atomic mass is 9.84. The summed E-state index contributed by atoms with van der Waals surface area (Å²) < 4.78 is 0.